The van der Waals surface area contributed by atoms with Crippen LogP contribution in [0.1, 0.15) is 16.1 Å². The highest BCUT2D eigenvalue weighted by Gasteiger charge is 2.23. The molecule has 2 rings (SSSR count). The van der Waals surface area contributed by atoms with Crippen molar-refractivity contribution in [3.05, 3.63) is 47.9 Å². The van der Waals surface area contributed by atoms with E-state index in [9.17, 15) is 9.59 Å². The first-order valence-electron chi connectivity index (χ1n) is 5.92. The molecule has 0 spiro atoms. The van der Waals surface area contributed by atoms with Crippen LogP contribution in [0.4, 0.5) is 11.4 Å². The highest BCUT2D eigenvalue weighted by molar-refractivity contribution is 6.09. The predicted molar refractivity (Wildman–Crippen MR) is 73.6 cm³/mol. The summed E-state index contributed by atoms with van der Waals surface area (Å²) in [5.41, 5.74) is 6.79. The van der Waals surface area contributed by atoms with Crippen LogP contribution in [0.5, 0.6) is 0 Å². The van der Waals surface area contributed by atoms with Crippen molar-refractivity contribution in [2.45, 2.75) is 6.92 Å². The van der Waals surface area contributed by atoms with Crippen LogP contribution in [-0.4, -0.2) is 23.5 Å². The minimum absolute atomic E-state index is 0.284. The Morgan fingerprint density at radius 1 is 1.35 bits per heavy atom. The number of nitrogens with zero attached hydrogens (tertiary/aromatic N) is 1. The van der Waals surface area contributed by atoms with E-state index in [0.29, 0.717) is 17.1 Å². The lowest BCUT2D eigenvalue weighted by Crippen LogP contribution is -2.36. The van der Waals surface area contributed by atoms with Crippen LogP contribution in [0.25, 0.3) is 0 Å². The molecular weight excluding hydrogens is 260 g/mol. The summed E-state index contributed by atoms with van der Waals surface area (Å²) in [6.45, 7) is 1.23. The topological polar surface area (TPSA) is 96.8 Å². The van der Waals surface area contributed by atoms with Gasteiger partial charge in [0.1, 0.15) is 18.6 Å². The number of carboxylic acid groups (broad SMARTS) is 1. The molecule has 1 aromatic heterocycles. The standard InChI is InChI=1S/C14H14N2O4/c1-9-6-10(8-20-9)14(19)16(7-13(17)18)12-5-3-2-4-11(12)15/h2-6,8H,7,15H2,1H3,(H,17,18). The molecule has 3 N–H and O–H groups in total. The number of aryl methyl sites for hydroxylation is 1. The number of anilines is 2. The quantitative estimate of drug-likeness (QED) is 0.830. The number of nitrogen functional groups attached to an aromatic ring is 1. The van der Waals surface area contributed by atoms with E-state index in [1.165, 1.54) is 6.26 Å². The summed E-state index contributed by atoms with van der Waals surface area (Å²) in [4.78, 5) is 24.5. The van der Waals surface area contributed by atoms with Crippen LogP contribution in [0.3, 0.4) is 0 Å². The molecule has 104 valence electrons. The zero-order valence-corrected chi connectivity index (χ0v) is 10.9. The number of benzene rings is 1. The van der Waals surface area contributed by atoms with Crippen molar-refractivity contribution in [2.24, 2.45) is 0 Å². The second-order valence-corrected chi connectivity index (χ2v) is 4.29. The number of amides is 1. The van der Waals surface area contributed by atoms with E-state index in [1.807, 2.05) is 0 Å². The smallest absolute Gasteiger partial charge is 0.323 e. The van der Waals surface area contributed by atoms with Gasteiger partial charge in [0.15, 0.2) is 0 Å². The van der Waals surface area contributed by atoms with Crippen LogP contribution < -0.4 is 10.6 Å². The Morgan fingerprint density at radius 2 is 2.05 bits per heavy atom. The lowest BCUT2D eigenvalue weighted by molar-refractivity contribution is -0.135. The molecule has 0 aliphatic rings. The average Bonchev–Trinajstić information content (AvgIpc) is 2.82. The molecule has 0 unspecified atom stereocenters. The van der Waals surface area contributed by atoms with Gasteiger partial charge in [0.25, 0.3) is 5.91 Å². The van der Waals surface area contributed by atoms with E-state index in [2.05, 4.69) is 0 Å². The lowest BCUT2D eigenvalue weighted by atomic mass is 10.2. The maximum atomic E-state index is 12.4. The Bertz CT molecular complexity index is 648. The molecule has 0 saturated carbocycles. The van der Waals surface area contributed by atoms with Crippen molar-refractivity contribution >= 4 is 23.3 Å². The normalized spacial score (nSPS) is 10.2. The number of aliphatic carboxylic acids is 1. The van der Waals surface area contributed by atoms with Crippen LogP contribution in [0.15, 0.2) is 41.0 Å². The fourth-order valence-corrected chi connectivity index (χ4v) is 1.85. The van der Waals surface area contributed by atoms with Crippen molar-refractivity contribution < 1.29 is 19.1 Å². The third-order valence-corrected chi connectivity index (χ3v) is 2.74. The molecule has 0 radical (unpaired) electrons. The van der Waals surface area contributed by atoms with E-state index in [0.717, 1.165) is 4.90 Å². The first-order chi connectivity index (χ1) is 9.49. The minimum Gasteiger partial charge on any atom is -0.480 e. The molecule has 0 aliphatic carbocycles. The minimum atomic E-state index is -1.12. The summed E-state index contributed by atoms with van der Waals surface area (Å²) >= 11 is 0. The van der Waals surface area contributed by atoms with Gasteiger partial charge in [0, 0.05) is 0 Å². The SMILES string of the molecule is Cc1cc(C(=O)N(CC(=O)O)c2ccccc2N)co1. The van der Waals surface area contributed by atoms with Gasteiger partial charge in [-0.05, 0) is 25.1 Å². The molecule has 1 amide bonds. The van der Waals surface area contributed by atoms with E-state index in [-0.39, 0.29) is 5.56 Å². The summed E-state index contributed by atoms with van der Waals surface area (Å²) in [5.74, 6) is -1.02. The molecule has 0 aliphatic heterocycles. The fraction of sp³-hybridized carbons (Fsp3) is 0.143. The van der Waals surface area contributed by atoms with E-state index < -0.39 is 18.4 Å². The number of carboxylic acids is 1. The van der Waals surface area contributed by atoms with Gasteiger partial charge >= 0.3 is 5.97 Å². The van der Waals surface area contributed by atoms with E-state index in [1.54, 1.807) is 37.3 Å². The van der Waals surface area contributed by atoms with Crippen LogP contribution in [0, 0.1) is 6.92 Å². The van der Waals surface area contributed by atoms with Gasteiger partial charge in [-0.2, -0.15) is 0 Å². The number of hydrogen-bond donors (Lipinski definition) is 2. The molecule has 6 nitrogen and oxygen atoms in total. The Morgan fingerprint density at radius 3 is 2.60 bits per heavy atom. The molecule has 0 atom stereocenters. The molecule has 1 aromatic carbocycles. The first kappa shape index (κ1) is 13.7. The second-order valence-electron chi connectivity index (χ2n) is 4.29. The van der Waals surface area contributed by atoms with Gasteiger partial charge in [-0.1, -0.05) is 12.1 Å². The second kappa shape index (κ2) is 5.48. The lowest BCUT2D eigenvalue weighted by Gasteiger charge is -2.21. The van der Waals surface area contributed by atoms with Gasteiger partial charge in [-0.3, -0.25) is 14.5 Å². The number of rotatable bonds is 4. The van der Waals surface area contributed by atoms with Crippen molar-refractivity contribution in [3.8, 4) is 0 Å². The summed E-state index contributed by atoms with van der Waals surface area (Å²) in [7, 11) is 0. The third-order valence-electron chi connectivity index (χ3n) is 2.74. The van der Waals surface area contributed by atoms with Crippen molar-refractivity contribution in [1.29, 1.82) is 0 Å². The Kier molecular flexibility index (Phi) is 3.74. The van der Waals surface area contributed by atoms with E-state index in [4.69, 9.17) is 15.3 Å². The molecule has 0 bridgehead atoms. The summed E-state index contributed by atoms with van der Waals surface area (Å²) in [6.07, 6.45) is 1.30. The number of carbonyl (C=O) groups is 2. The maximum absolute atomic E-state index is 12.4. The Hall–Kier alpha value is -2.76. The number of para-hydroxylation sites is 2. The number of hydrogen-bond acceptors (Lipinski definition) is 4. The Labute approximate surface area is 115 Å². The van der Waals surface area contributed by atoms with Crippen LogP contribution >= 0.6 is 0 Å². The summed E-state index contributed by atoms with van der Waals surface area (Å²) in [6, 6.07) is 8.16. The molecule has 0 saturated heterocycles. The maximum Gasteiger partial charge on any atom is 0.323 e. The third kappa shape index (κ3) is 2.80. The number of furan rings is 1. The first-order valence-corrected chi connectivity index (χ1v) is 5.92. The van der Waals surface area contributed by atoms with Crippen LogP contribution in [0.2, 0.25) is 0 Å². The molecule has 1 heterocycles. The van der Waals surface area contributed by atoms with Crippen molar-refractivity contribution in [3.63, 3.8) is 0 Å². The number of nitrogens with two attached hydrogens (primary N) is 1. The molecular formula is C14H14N2O4. The average molecular weight is 274 g/mol. The van der Waals surface area contributed by atoms with E-state index >= 15 is 0 Å². The van der Waals surface area contributed by atoms with Crippen molar-refractivity contribution in [1.82, 2.24) is 0 Å². The van der Waals surface area contributed by atoms with Gasteiger partial charge in [0.05, 0.1) is 16.9 Å². The molecule has 2 aromatic rings. The summed E-state index contributed by atoms with van der Waals surface area (Å²) < 4.78 is 5.08. The molecule has 0 fully saturated rings. The van der Waals surface area contributed by atoms with Crippen molar-refractivity contribution in [2.75, 3.05) is 17.2 Å². The van der Waals surface area contributed by atoms with Gasteiger partial charge in [0.2, 0.25) is 0 Å². The van der Waals surface area contributed by atoms with Crippen LogP contribution in [-0.2, 0) is 4.79 Å². The molecule has 6 heteroatoms. The predicted octanol–water partition coefficient (Wildman–Crippen LogP) is 1.90. The summed E-state index contributed by atoms with van der Waals surface area (Å²) in [5, 5.41) is 8.98. The monoisotopic (exact) mass is 274 g/mol. The fourth-order valence-electron chi connectivity index (χ4n) is 1.85. The van der Waals surface area contributed by atoms with Gasteiger partial charge in [-0.25, -0.2) is 0 Å². The Balaban J connectivity index is 2.40. The molecule has 20 heavy (non-hydrogen) atoms. The largest absolute Gasteiger partial charge is 0.480 e. The highest BCUT2D eigenvalue weighted by atomic mass is 16.4. The van der Waals surface area contributed by atoms with Gasteiger partial charge in [-0.15, -0.1) is 0 Å². The van der Waals surface area contributed by atoms with Gasteiger partial charge < -0.3 is 15.3 Å². The zero-order valence-electron chi connectivity index (χ0n) is 10.9. The zero-order chi connectivity index (χ0) is 14.7. The highest BCUT2D eigenvalue weighted by Crippen LogP contribution is 2.24. The number of carbonyl (C=O) groups excluding carboxylic acids is 1.